The van der Waals surface area contributed by atoms with Crippen LogP contribution in [0.4, 0.5) is 5.69 Å². The van der Waals surface area contributed by atoms with E-state index < -0.39 is 5.97 Å². The summed E-state index contributed by atoms with van der Waals surface area (Å²) in [4.78, 5) is 19.0. The Bertz CT molecular complexity index is 669. The number of carboxylic acids is 1. The van der Waals surface area contributed by atoms with Crippen LogP contribution in [-0.4, -0.2) is 35.8 Å². The number of anilines is 1. The molecule has 2 aromatic rings. The molecule has 0 spiro atoms. The molecule has 1 aliphatic heterocycles. The Balaban J connectivity index is 1.82. The van der Waals surface area contributed by atoms with Gasteiger partial charge in [-0.2, -0.15) is 0 Å². The highest BCUT2D eigenvalue weighted by Crippen LogP contribution is 2.35. The van der Waals surface area contributed by atoms with Gasteiger partial charge in [-0.3, -0.25) is 0 Å². The SMILES string of the molecule is Cc1ncsc1CCN1CCOc2c(C(=O)O)cccc21. The second-order valence-corrected chi connectivity index (χ2v) is 5.84. The Kier molecular flexibility index (Phi) is 3.79. The molecule has 0 aliphatic carbocycles. The van der Waals surface area contributed by atoms with Crippen molar-refractivity contribution in [3.05, 3.63) is 39.8 Å². The van der Waals surface area contributed by atoms with Crippen molar-refractivity contribution in [2.75, 3.05) is 24.6 Å². The highest BCUT2D eigenvalue weighted by atomic mass is 32.1. The number of para-hydroxylation sites is 1. The van der Waals surface area contributed by atoms with Gasteiger partial charge in [0.2, 0.25) is 0 Å². The summed E-state index contributed by atoms with van der Waals surface area (Å²) < 4.78 is 5.57. The van der Waals surface area contributed by atoms with E-state index in [9.17, 15) is 9.90 Å². The molecule has 0 bridgehead atoms. The van der Waals surface area contributed by atoms with E-state index in [4.69, 9.17) is 4.74 Å². The number of carbonyl (C=O) groups is 1. The Morgan fingerprint density at radius 3 is 3.10 bits per heavy atom. The number of hydrogen-bond donors (Lipinski definition) is 1. The lowest BCUT2D eigenvalue weighted by Gasteiger charge is -2.31. The summed E-state index contributed by atoms with van der Waals surface area (Å²) in [5, 5.41) is 9.24. The second kappa shape index (κ2) is 5.73. The van der Waals surface area contributed by atoms with Gasteiger partial charge in [-0.05, 0) is 19.1 Å². The van der Waals surface area contributed by atoms with Crippen LogP contribution in [0.5, 0.6) is 5.75 Å². The summed E-state index contributed by atoms with van der Waals surface area (Å²) in [6.45, 7) is 4.14. The number of hydrogen-bond acceptors (Lipinski definition) is 5. The van der Waals surface area contributed by atoms with Crippen molar-refractivity contribution in [3.8, 4) is 5.75 Å². The van der Waals surface area contributed by atoms with Gasteiger partial charge in [0.05, 0.1) is 23.4 Å². The molecule has 0 unspecified atom stereocenters. The van der Waals surface area contributed by atoms with E-state index in [2.05, 4.69) is 9.88 Å². The van der Waals surface area contributed by atoms with Crippen LogP contribution in [0.25, 0.3) is 0 Å². The molecule has 6 heteroatoms. The minimum absolute atomic E-state index is 0.228. The van der Waals surface area contributed by atoms with E-state index in [1.165, 1.54) is 4.88 Å². The van der Waals surface area contributed by atoms with Gasteiger partial charge in [-0.1, -0.05) is 6.07 Å². The molecule has 21 heavy (non-hydrogen) atoms. The number of aromatic carboxylic acids is 1. The molecule has 0 amide bonds. The smallest absolute Gasteiger partial charge is 0.339 e. The first-order chi connectivity index (χ1) is 10.2. The standard InChI is InChI=1S/C15H16N2O3S/c1-10-13(21-9-16-10)5-6-17-7-8-20-14-11(15(18)19)3-2-4-12(14)17/h2-4,9H,5-8H2,1H3,(H,18,19). The summed E-state index contributed by atoms with van der Waals surface area (Å²) in [6, 6.07) is 5.26. The Morgan fingerprint density at radius 1 is 1.52 bits per heavy atom. The molecule has 0 saturated carbocycles. The fourth-order valence-corrected chi connectivity index (χ4v) is 3.28. The third-order valence-corrected chi connectivity index (χ3v) is 4.62. The molecular weight excluding hydrogens is 288 g/mol. The second-order valence-electron chi connectivity index (χ2n) is 4.91. The van der Waals surface area contributed by atoms with Crippen molar-refractivity contribution in [3.63, 3.8) is 0 Å². The quantitative estimate of drug-likeness (QED) is 0.940. The first-order valence-corrected chi connectivity index (χ1v) is 7.68. The number of ether oxygens (including phenoxy) is 1. The van der Waals surface area contributed by atoms with Gasteiger partial charge in [-0.25, -0.2) is 9.78 Å². The summed E-state index contributed by atoms with van der Waals surface area (Å²) in [5.74, 6) is -0.468. The monoisotopic (exact) mass is 304 g/mol. The number of fused-ring (bicyclic) bond motifs is 1. The maximum absolute atomic E-state index is 11.3. The van der Waals surface area contributed by atoms with Gasteiger partial charge in [0, 0.05) is 17.8 Å². The van der Waals surface area contributed by atoms with Crippen LogP contribution in [0.15, 0.2) is 23.7 Å². The third kappa shape index (κ3) is 2.71. The summed E-state index contributed by atoms with van der Waals surface area (Å²) in [6.07, 6.45) is 0.910. The van der Waals surface area contributed by atoms with Crippen molar-refractivity contribution in [2.24, 2.45) is 0 Å². The van der Waals surface area contributed by atoms with Crippen LogP contribution in [0, 0.1) is 6.92 Å². The fraction of sp³-hybridized carbons (Fsp3) is 0.333. The van der Waals surface area contributed by atoms with E-state index in [1.54, 1.807) is 23.5 Å². The lowest BCUT2D eigenvalue weighted by molar-refractivity contribution is 0.0692. The molecule has 5 nitrogen and oxygen atoms in total. The molecule has 0 saturated heterocycles. The fourth-order valence-electron chi connectivity index (χ4n) is 2.51. The van der Waals surface area contributed by atoms with Gasteiger partial charge in [-0.15, -0.1) is 11.3 Å². The number of aryl methyl sites for hydroxylation is 1. The van der Waals surface area contributed by atoms with Gasteiger partial charge in [0.15, 0.2) is 5.75 Å². The number of rotatable bonds is 4. The van der Waals surface area contributed by atoms with E-state index in [-0.39, 0.29) is 5.56 Å². The first kappa shape index (κ1) is 13.9. The normalized spacial score (nSPS) is 13.7. The topological polar surface area (TPSA) is 62.7 Å². The van der Waals surface area contributed by atoms with Crippen LogP contribution in [0.1, 0.15) is 20.9 Å². The zero-order valence-corrected chi connectivity index (χ0v) is 12.5. The Hall–Kier alpha value is -2.08. The highest BCUT2D eigenvalue weighted by Gasteiger charge is 2.23. The van der Waals surface area contributed by atoms with E-state index in [0.717, 1.165) is 30.9 Å². The Morgan fingerprint density at radius 2 is 2.38 bits per heavy atom. The highest BCUT2D eigenvalue weighted by molar-refractivity contribution is 7.09. The number of carboxylic acid groups (broad SMARTS) is 1. The molecule has 110 valence electrons. The van der Waals surface area contributed by atoms with E-state index in [1.807, 2.05) is 18.5 Å². The summed E-state index contributed by atoms with van der Waals surface area (Å²) in [5.41, 5.74) is 4.03. The lowest BCUT2D eigenvalue weighted by Crippen LogP contribution is -2.34. The molecule has 1 aromatic heterocycles. The van der Waals surface area contributed by atoms with Crippen molar-refractivity contribution >= 4 is 23.0 Å². The molecule has 0 atom stereocenters. The number of aromatic nitrogens is 1. The lowest BCUT2D eigenvalue weighted by atomic mass is 10.1. The predicted octanol–water partition coefficient (Wildman–Crippen LogP) is 2.59. The number of thiazole rings is 1. The van der Waals surface area contributed by atoms with Gasteiger partial charge in [0.25, 0.3) is 0 Å². The largest absolute Gasteiger partial charge is 0.489 e. The van der Waals surface area contributed by atoms with Crippen molar-refractivity contribution in [1.29, 1.82) is 0 Å². The van der Waals surface area contributed by atoms with Crippen LogP contribution < -0.4 is 9.64 Å². The molecule has 2 heterocycles. The zero-order chi connectivity index (χ0) is 14.8. The molecule has 1 aliphatic rings. The van der Waals surface area contributed by atoms with Gasteiger partial charge >= 0.3 is 5.97 Å². The zero-order valence-electron chi connectivity index (χ0n) is 11.7. The predicted molar refractivity (Wildman–Crippen MR) is 81.7 cm³/mol. The summed E-state index contributed by atoms with van der Waals surface area (Å²) in [7, 11) is 0. The first-order valence-electron chi connectivity index (χ1n) is 6.80. The van der Waals surface area contributed by atoms with Crippen LogP contribution in [-0.2, 0) is 6.42 Å². The molecule has 0 radical (unpaired) electrons. The van der Waals surface area contributed by atoms with Crippen LogP contribution >= 0.6 is 11.3 Å². The molecule has 1 aromatic carbocycles. The van der Waals surface area contributed by atoms with Crippen molar-refractivity contribution in [2.45, 2.75) is 13.3 Å². The maximum atomic E-state index is 11.3. The van der Waals surface area contributed by atoms with Crippen LogP contribution in [0.2, 0.25) is 0 Å². The van der Waals surface area contributed by atoms with E-state index >= 15 is 0 Å². The summed E-state index contributed by atoms with van der Waals surface area (Å²) >= 11 is 1.66. The minimum atomic E-state index is -0.952. The van der Waals surface area contributed by atoms with E-state index in [0.29, 0.717) is 12.4 Å². The number of benzene rings is 1. The third-order valence-electron chi connectivity index (χ3n) is 3.63. The van der Waals surface area contributed by atoms with Gasteiger partial charge in [0.1, 0.15) is 12.2 Å². The Labute approximate surface area is 126 Å². The average Bonchev–Trinajstić information content (AvgIpc) is 2.89. The van der Waals surface area contributed by atoms with Gasteiger partial charge < -0.3 is 14.7 Å². The van der Waals surface area contributed by atoms with Crippen LogP contribution in [0.3, 0.4) is 0 Å². The minimum Gasteiger partial charge on any atom is -0.489 e. The molecular formula is C15H16N2O3S. The molecule has 1 N–H and O–H groups in total. The van der Waals surface area contributed by atoms with Crippen molar-refractivity contribution in [1.82, 2.24) is 4.98 Å². The molecule has 0 fully saturated rings. The number of nitrogens with zero attached hydrogens (tertiary/aromatic N) is 2. The molecule has 3 rings (SSSR count). The average molecular weight is 304 g/mol. The maximum Gasteiger partial charge on any atom is 0.339 e. The van der Waals surface area contributed by atoms with Crippen molar-refractivity contribution < 1.29 is 14.6 Å².